The topological polar surface area (TPSA) is 66.3 Å². The number of hydrogen-bond acceptors (Lipinski definition) is 6. The number of hydrogen-bond donors (Lipinski definition) is 0. The zero-order chi connectivity index (χ0) is 18.0. The summed E-state index contributed by atoms with van der Waals surface area (Å²) < 4.78 is 30.7. The molecule has 0 amide bonds. The van der Waals surface area contributed by atoms with Crippen LogP contribution in [-0.2, 0) is 19.1 Å². The summed E-state index contributed by atoms with van der Waals surface area (Å²) in [6.07, 6.45) is 0.611. The Bertz CT molecular complexity index is 692. The van der Waals surface area contributed by atoms with Gasteiger partial charge in [-0.25, -0.2) is 9.18 Å². The third kappa shape index (κ3) is 3.95. The van der Waals surface area contributed by atoms with Crippen LogP contribution in [0.4, 0.5) is 4.39 Å². The first-order valence-corrected chi connectivity index (χ1v) is 8.89. The molecular weight excluding hydrogens is 397 g/mol. The van der Waals surface area contributed by atoms with Crippen molar-refractivity contribution in [1.29, 1.82) is 0 Å². The van der Waals surface area contributed by atoms with Crippen molar-refractivity contribution in [3.63, 3.8) is 0 Å². The Morgan fingerprint density at radius 3 is 2.88 bits per heavy atom. The Balaban J connectivity index is 1.95. The van der Waals surface area contributed by atoms with Crippen molar-refractivity contribution in [2.75, 3.05) is 20.3 Å². The fourth-order valence-electron chi connectivity index (χ4n) is 2.68. The van der Waals surface area contributed by atoms with E-state index >= 15 is 0 Å². The van der Waals surface area contributed by atoms with Gasteiger partial charge in [0.05, 0.1) is 11.6 Å². The molecule has 1 fully saturated rings. The molecule has 2 unspecified atom stereocenters. The van der Waals surface area contributed by atoms with E-state index in [0.717, 1.165) is 12.8 Å². The average Bonchev–Trinajstić information content (AvgIpc) is 3.34. The lowest BCUT2D eigenvalue weighted by atomic mass is 10.0. The van der Waals surface area contributed by atoms with Crippen LogP contribution in [0.25, 0.3) is 0 Å². The molecule has 8 heteroatoms. The van der Waals surface area contributed by atoms with Gasteiger partial charge >= 0.3 is 5.97 Å². The molecule has 0 spiro atoms. The van der Waals surface area contributed by atoms with Gasteiger partial charge in [0.2, 0.25) is 0 Å². The third-order valence-electron chi connectivity index (χ3n) is 4.10. The smallest absolute Gasteiger partial charge is 0.347 e. The molecule has 2 aliphatic rings. The molecule has 0 aromatic heterocycles. The molecule has 1 aliphatic heterocycles. The SMILES string of the molecule is CCOC1CON=C1c1cc(Br)c(F)cc1OC(C(=O)OC)C1CC1. The first-order chi connectivity index (χ1) is 12.0. The van der Waals surface area contributed by atoms with Crippen LogP contribution in [0.1, 0.15) is 25.3 Å². The summed E-state index contributed by atoms with van der Waals surface area (Å²) in [6.45, 7) is 2.63. The van der Waals surface area contributed by atoms with Gasteiger partial charge in [0, 0.05) is 24.2 Å². The van der Waals surface area contributed by atoms with Crippen molar-refractivity contribution in [3.8, 4) is 5.75 Å². The zero-order valence-electron chi connectivity index (χ0n) is 14.0. The number of carbonyl (C=O) groups is 1. The van der Waals surface area contributed by atoms with Gasteiger partial charge in [-0.1, -0.05) is 5.16 Å². The van der Waals surface area contributed by atoms with Gasteiger partial charge in [0.25, 0.3) is 0 Å². The molecule has 1 heterocycles. The van der Waals surface area contributed by atoms with Crippen LogP contribution in [0, 0.1) is 11.7 Å². The van der Waals surface area contributed by atoms with Gasteiger partial charge in [-0.15, -0.1) is 0 Å². The number of halogens is 2. The van der Waals surface area contributed by atoms with E-state index in [0.29, 0.717) is 17.9 Å². The van der Waals surface area contributed by atoms with E-state index in [9.17, 15) is 9.18 Å². The average molecular weight is 416 g/mol. The molecule has 0 N–H and O–H groups in total. The summed E-state index contributed by atoms with van der Waals surface area (Å²) in [6, 6.07) is 2.80. The van der Waals surface area contributed by atoms with E-state index in [-0.39, 0.29) is 28.9 Å². The molecule has 3 rings (SSSR count). The summed E-state index contributed by atoms with van der Waals surface area (Å²) in [7, 11) is 1.31. The minimum absolute atomic E-state index is 0.0801. The van der Waals surface area contributed by atoms with Crippen LogP contribution in [0.15, 0.2) is 21.8 Å². The largest absolute Gasteiger partial charge is 0.478 e. The Hall–Kier alpha value is -1.67. The van der Waals surface area contributed by atoms with Gasteiger partial charge < -0.3 is 19.0 Å². The number of nitrogens with zero attached hydrogens (tertiary/aromatic N) is 1. The number of benzene rings is 1. The number of carbonyl (C=O) groups excluding carboxylic acids is 1. The highest BCUT2D eigenvalue weighted by Gasteiger charge is 2.40. The lowest BCUT2D eigenvalue weighted by Gasteiger charge is -2.20. The fourth-order valence-corrected chi connectivity index (χ4v) is 3.02. The Labute approximate surface area is 153 Å². The molecule has 0 saturated heterocycles. The van der Waals surface area contributed by atoms with Crippen LogP contribution < -0.4 is 4.74 Å². The first kappa shape index (κ1) is 18.1. The molecule has 25 heavy (non-hydrogen) atoms. The summed E-state index contributed by atoms with van der Waals surface area (Å²) >= 11 is 3.18. The normalized spacial score (nSPS) is 20.6. The molecule has 2 atom stereocenters. The predicted octanol–water partition coefficient (Wildman–Crippen LogP) is 3.06. The second kappa shape index (κ2) is 7.70. The van der Waals surface area contributed by atoms with E-state index in [2.05, 4.69) is 21.1 Å². The second-order valence-corrected chi connectivity index (χ2v) is 6.73. The molecule has 6 nitrogen and oxygen atoms in total. The number of rotatable bonds is 7. The summed E-state index contributed by atoms with van der Waals surface area (Å²) in [5.74, 6) is -0.665. The van der Waals surface area contributed by atoms with E-state index in [1.54, 1.807) is 6.07 Å². The highest BCUT2D eigenvalue weighted by molar-refractivity contribution is 9.10. The number of esters is 1. The van der Waals surface area contributed by atoms with Crippen LogP contribution >= 0.6 is 15.9 Å². The maximum atomic E-state index is 14.1. The Morgan fingerprint density at radius 1 is 1.48 bits per heavy atom. The summed E-state index contributed by atoms with van der Waals surface area (Å²) in [4.78, 5) is 17.2. The van der Waals surface area contributed by atoms with Gasteiger partial charge in [-0.2, -0.15) is 0 Å². The third-order valence-corrected chi connectivity index (χ3v) is 4.71. The molecule has 1 aliphatic carbocycles. The van der Waals surface area contributed by atoms with E-state index < -0.39 is 17.9 Å². The second-order valence-electron chi connectivity index (χ2n) is 5.88. The zero-order valence-corrected chi connectivity index (χ0v) is 15.5. The number of oxime groups is 1. The Morgan fingerprint density at radius 2 is 2.24 bits per heavy atom. The van der Waals surface area contributed by atoms with E-state index in [1.165, 1.54) is 13.2 Å². The van der Waals surface area contributed by atoms with Crippen LogP contribution in [0.2, 0.25) is 0 Å². The van der Waals surface area contributed by atoms with Gasteiger partial charge in [-0.05, 0) is 41.8 Å². The summed E-state index contributed by atoms with van der Waals surface area (Å²) in [5.41, 5.74) is 1.04. The minimum Gasteiger partial charge on any atom is -0.478 e. The molecule has 136 valence electrons. The molecule has 1 saturated carbocycles. The van der Waals surface area contributed by atoms with Crippen molar-refractivity contribution in [1.82, 2.24) is 0 Å². The molecule has 1 aromatic rings. The maximum Gasteiger partial charge on any atom is 0.347 e. The van der Waals surface area contributed by atoms with E-state index in [1.807, 2.05) is 6.92 Å². The molecule has 1 aromatic carbocycles. The van der Waals surface area contributed by atoms with Crippen molar-refractivity contribution >= 4 is 27.6 Å². The standard InChI is InChI=1S/C17H19BrFNO5/c1-3-23-14-8-24-20-15(14)10-6-11(18)12(19)7-13(10)25-16(9-4-5-9)17(21)22-2/h6-7,9,14,16H,3-5,8H2,1-2H3. The van der Waals surface area contributed by atoms with Crippen molar-refractivity contribution in [3.05, 3.63) is 28.0 Å². The lowest BCUT2D eigenvalue weighted by Crippen LogP contribution is -2.32. The van der Waals surface area contributed by atoms with Gasteiger partial charge in [0.1, 0.15) is 30.0 Å². The first-order valence-electron chi connectivity index (χ1n) is 8.10. The minimum atomic E-state index is -0.766. The van der Waals surface area contributed by atoms with Gasteiger partial charge in [0.15, 0.2) is 6.10 Å². The number of methoxy groups -OCH3 is 1. The summed E-state index contributed by atoms with van der Waals surface area (Å²) in [5, 5.41) is 4.02. The lowest BCUT2D eigenvalue weighted by molar-refractivity contribution is -0.149. The monoisotopic (exact) mass is 415 g/mol. The van der Waals surface area contributed by atoms with Crippen molar-refractivity contribution in [2.24, 2.45) is 11.1 Å². The highest BCUT2D eigenvalue weighted by atomic mass is 79.9. The molecule has 0 radical (unpaired) electrons. The predicted molar refractivity (Wildman–Crippen MR) is 91.2 cm³/mol. The van der Waals surface area contributed by atoms with E-state index in [4.69, 9.17) is 19.0 Å². The van der Waals surface area contributed by atoms with Crippen LogP contribution in [-0.4, -0.2) is 44.2 Å². The highest BCUT2D eigenvalue weighted by Crippen LogP contribution is 2.38. The van der Waals surface area contributed by atoms with Crippen molar-refractivity contribution in [2.45, 2.75) is 32.0 Å². The van der Waals surface area contributed by atoms with Crippen molar-refractivity contribution < 1.29 is 28.2 Å². The quantitative estimate of drug-likeness (QED) is 0.640. The molecule has 0 bridgehead atoms. The Kier molecular flexibility index (Phi) is 5.58. The maximum absolute atomic E-state index is 14.1. The molecular formula is C17H19BrFNO5. The van der Waals surface area contributed by atoms with Crippen LogP contribution in [0.5, 0.6) is 5.75 Å². The fraction of sp³-hybridized carbons (Fsp3) is 0.529. The van der Waals surface area contributed by atoms with Gasteiger partial charge in [-0.3, -0.25) is 0 Å². The number of ether oxygens (including phenoxy) is 3. The van der Waals surface area contributed by atoms with Crippen LogP contribution in [0.3, 0.4) is 0 Å².